The van der Waals surface area contributed by atoms with E-state index < -0.39 is 0 Å². The number of hydrogen-bond donors (Lipinski definition) is 1. The van der Waals surface area contributed by atoms with Crippen LogP contribution in [-0.4, -0.2) is 30.4 Å². The average molecular weight is 411 g/mol. The molecule has 30 heavy (non-hydrogen) atoms. The largest absolute Gasteiger partial charge is 0.493 e. The summed E-state index contributed by atoms with van der Waals surface area (Å²) in [5.41, 5.74) is 1.02. The highest BCUT2D eigenvalue weighted by Crippen LogP contribution is 2.30. The highest BCUT2D eigenvalue weighted by atomic mass is 16.5. The summed E-state index contributed by atoms with van der Waals surface area (Å²) in [6, 6.07) is 12.6. The van der Waals surface area contributed by atoms with Crippen LogP contribution in [0.25, 0.3) is 10.8 Å². The van der Waals surface area contributed by atoms with E-state index in [2.05, 4.69) is 62.1 Å². The summed E-state index contributed by atoms with van der Waals surface area (Å²) < 4.78 is 6.14. The smallest absolute Gasteiger partial charge is 0.128 e. The quantitative estimate of drug-likeness (QED) is 0.185. The summed E-state index contributed by atoms with van der Waals surface area (Å²) in [4.78, 5) is 2.29. The van der Waals surface area contributed by atoms with Gasteiger partial charge in [0.1, 0.15) is 11.6 Å². The lowest BCUT2D eigenvalue weighted by molar-refractivity contribution is 0.308. The van der Waals surface area contributed by atoms with Crippen molar-refractivity contribution in [2.75, 3.05) is 19.7 Å². The average Bonchev–Trinajstić information content (AvgIpc) is 2.77. The van der Waals surface area contributed by atoms with E-state index in [1.165, 1.54) is 44.9 Å². The maximum Gasteiger partial charge on any atom is 0.128 e. The fraction of sp³-hybridized carbons (Fsp3) is 0.593. The van der Waals surface area contributed by atoms with E-state index in [1.54, 1.807) is 0 Å². The Kier molecular flexibility index (Phi) is 11.4. The van der Waals surface area contributed by atoms with Crippen molar-refractivity contribution in [3.8, 4) is 5.75 Å². The van der Waals surface area contributed by atoms with Crippen LogP contribution in [0.1, 0.15) is 90.5 Å². The molecular weight excluding hydrogens is 368 g/mol. The van der Waals surface area contributed by atoms with Gasteiger partial charge in [0.2, 0.25) is 0 Å². The molecule has 2 aromatic rings. The molecular formula is C27H42N2O. The molecule has 0 unspecified atom stereocenters. The van der Waals surface area contributed by atoms with Crippen LogP contribution in [0.2, 0.25) is 0 Å². The van der Waals surface area contributed by atoms with Crippen molar-refractivity contribution in [2.24, 2.45) is 0 Å². The van der Waals surface area contributed by atoms with Crippen molar-refractivity contribution in [3.63, 3.8) is 0 Å². The van der Waals surface area contributed by atoms with E-state index in [4.69, 9.17) is 10.1 Å². The molecule has 2 aromatic carbocycles. The zero-order chi connectivity index (χ0) is 21.6. The normalized spacial score (nSPS) is 11.0. The van der Waals surface area contributed by atoms with Gasteiger partial charge in [0.15, 0.2) is 0 Å². The van der Waals surface area contributed by atoms with Crippen molar-refractivity contribution < 1.29 is 4.74 Å². The van der Waals surface area contributed by atoms with Gasteiger partial charge in [-0.2, -0.15) is 0 Å². The molecule has 2 rings (SSSR count). The summed E-state index contributed by atoms with van der Waals surface area (Å²) in [6.07, 6.45) is 12.0. The van der Waals surface area contributed by atoms with Crippen LogP contribution < -0.4 is 4.74 Å². The van der Waals surface area contributed by atoms with Crippen molar-refractivity contribution in [1.82, 2.24) is 4.90 Å². The Bertz CT molecular complexity index is 746. The SMILES string of the molecule is CCCCCCOc1ccc(C(=N)N(CCCCC)CCCCC)c2ccccc12. The number of rotatable bonds is 15. The second kappa shape index (κ2) is 14.1. The van der Waals surface area contributed by atoms with Crippen molar-refractivity contribution in [1.29, 1.82) is 5.41 Å². The first-order valence-electron chi connectivity index (χ1n) is 12.2. The maximum atomic E-state index is 9.01. The second-order valence-electron chi connectivity index (χ2n) is 8.32. The molecule has 0 saturated carbocycles. The third kappa shape index (κ3) is 7.34. The Morgan fingerprint density at radius 1 is 0.733 bits per heavy atom. The minimum Gasteiger partial charge on any atom is -0.493 e. The van der Waals surface area contributed by atoms with Crippen LogP contribution in [0.15, 0.2) is 36.4 Å². The van der Waals surface area contributed by atoms with Gasteiger partial charge in [0.05, 0.1) is 6.61 Å². The standard InChI is InChI=1S/C27H42N2O/c1-4-7-10-15-22-30-26-19-18-25(23-16-11-12-17-24(23)26)27(28)29(20-13-8-5-2)21-14-9-6-3/h11-12,16-19,28H,4-10,13-15,20-22H2,1-3H3. The molecule has 0 saturated heterocycles. The molecule has 1 N–H and O–H groups in total. The molecule has 0 heterocycles. The molecule has 0 radical (unpaired) electrons. The van der Waals surface area contributed by atoms with Crippen LogP contribution >= 0.6 is 0 Å². The molecule has 0 fully saturated rings. The third-order valence-electron chi connectivity index (χ3n) is 5.77. The van der Waals surface area contributed by atoms with Gasteiger partial charge in [-0.25, -0.2) is 0 Å². The molecule has 166 valence electrons. The van der Waals surface area contributed by atoms with Crippen molar-refractivity contribution >= 4 is 16.6 Å². The van der Waals surface area contributed by atoms with E-state index in [-0.39, 0.29) is 0 Å². The van der Waals surface area contributed by atoms with Crippen LogP contribution in [0.5, 0.6) is 5.75 Å². The fourth-order valence-corrected chi connectivity index (χ4v) is 3.93. The van der Waals surface area contributed by atoms with Gasteiger partial charge in [0, 0.05) is 24.0 Å². The summed E-state index contributed by atoms with van der Waals surface area (Å²) in [7, 11) is 0. The number of benzene rings is 2. The molecule has 0 spiro atoms. The number of fused-ring (bicyclic) bond motifs is 1. The number of hydrogen-bond acceptors (Lipinski definition) is 2. The van der Waals surface area contributed by atoms with Gasteiger partial charge in [0.25, 0.3) is 0 Å². The number of nitrogens with one attached hydrogen (secondary N) is 1. The molecule has 0 amide bonds. The summed E-state index contributed by atoms with van der Waals surface area (Å²) in [5, 5.41) is 11.3. The van der Waals surface area contributed by atoms with Gasteiger partial charge in [-0.15, -0.1) is 0 Å². The summed E-state index contributed by atoms with van der Waals surface area (Å²) >= 11 is 0. The van der Waals surface area contributed by atoms with Gasteiger partial charge in [-0.05, 0) is 36.8 Å². The molecule has 0 aliphatic heterocycles. The molecule has 3 heteroatoms. The first kappa shape index (κ1) is 24.2. The third-order valence-corrected chi connectivity index (χ3v) is 5.77. The minimum atomic E-state index is 0.660. The molecule has 0 atom stereocenters. The van der Waals surface area contributed by atoms with Crippen LogP contribution in [-0.2, 0) is 0 Å². The van der Waals surface area contributed by atoms with E-state index in [0.29, 0.717) is 5.84 Å². The maximum absolute atomic E-state index is 9.01. The highest BCUT2D eigenvalue weighted by molar-refractivity contribution is 6.09. The van der Waals surface area contributed by atoms with Crippen LogP contribution in [0, 0.1) is 5.41 Å². The lowest BCUT2D eigenvalue weighted by Crippen LogP contribution is -2.33. The number of ether oxygens (including phenoxy) is 1. The molecule has 0 bridgehead atoms. The first-order chi connectivity index (χ1) is 14.7. The molecule has 0 aliphatic carbocycles. The Labute approximate surface area is 184 Å². The van der Waals surface area contributed by atoms with Crippen LogP contribution in [0.3, 0.4) is 0 Å². The number of unbranched alkanes of at least 4 members (excludes halogenated alkanes) is 7. The van der Waals surface area contributed by atoms with Crippen LogP contribution in [0.4, 0.5) is 0 Å². The predicted octanol–water partition coefficient (Wildman–Crippen LogP) is 7.81. The zero-order valence-electron chi connectivity index (χ0n) is 19.5. The molecule has 0 aromatic heterocycles. The molecule has 3 nitrogen and oxygen atoms in total. The Morgan fingerprint density at radius 3 is 1.97 bits per heavy atom. The van der Waals surface area contributed by atoms with E-state index in [1.807, 2.05) is 0 Å². The van der Waals surface area contributed by atoms with E-state index in [9.17, 15) is 0 Å². The van der Waals surface area contributed by atoms with Gasteiger partial charge >= 0.3 is 0 Å². The number of nitrogens with zero attached hydrogens (tertiary/aromatic N) is 1. The van der Waals surface area contributed by atoms with Gasteiger partial charge in [-0.1, -0.05) is 90.0 Å². The predicted molar refractivity (Wildman–Crippen MR) is 131 cm³/mol. The van der Waals surface area contributed by atoms with E-state index >= 15 is 0 Å². The Hall–Kier alpha value is -2.03. The fourth-order valence-electron chi connectivity index (χ4n) is 3.93. The summed E-state index contributed by atoms with van der Waals surface area (Å²) in [5.74, 6) is 1.61. The van der Waals surface area contributed by atoms with Crippen molar-refractivity contribution in [3.05, 3.63) is 42.0 Å². The highest BCUT2D eigenvalue weighted by Gasteiger charge is 2.16. The topological polar surface area (TPSA) is 36.3 Å². The lowest BCUT2D eigenvalue weighted by atomic mass is 10.0. The number of amidine groups is 1. The Morgan fingerprint density at radius 2 is 1.33 bits per heavy atom. The molecule has 0 aliphatic rings. The monoisotopic (exact) mass is 410 g/mol. The van der Waals surface area contributed by atoms with Crippen molar-refractivity contribution in [2.45, 2.75) is 85.0 Å². The summed E-state index contributed by atoms with van der Waals surface area (Å²) in [6.45, 7) is 9.42. The van der Waals surface area contributed by atoms with E-state index in [0.717, 1.165) is 61.0 Å². The minimum absolute atomic E-state index is 0.660. The van der Waals surface area contributed by atoms with Gasteiger partial charge < -0.3 is 9.64 Å². The Balaban J connectivity index is 2.19. The second-order valence-corrected chi connectivity index (χ2v) is 8.32. The first-order valence-corrected chi connectivity index (χ1v) is 12.2. The zero-order valence-corrected chi connectivity index (χ0v) is 19.5. The van der Waals surface area contributed by atoms with Gasteiger partial charge in [-0.3, -0.25) is 5.41 Å². The lowest BCUT2D eigenvalue weighted by Gasteiger charge is -2.26.